The van der Waals surface area contributed by atoms with Crippen molar-refractivity contribution in [2.75, 3.05) is 6.54 Å². The summed E-state index contributed by atoms with van der Waals surface area (Å²) in [7, 11) is 0. The van der Waals surface area contributed by atoms with E-state index in [9.17, 15) is 4.79 Å². The second-order valence-corrected chi connectivity index (χ2v) is 5.01. The average molecular weight is 263 g/mol. The quantitative estimate of drug-likeness (QED) is 0.824. The lowest BCUT2D eigenvalue weighted by atomic mass is 9.92. The molecular formula is C15H21NO3. The summed E-state index contributed by atoms with van der Waals surface area (Å²) >= 11 is 0. The maximum atomic E-state index is 11.1. The monoisotopic (exact) mass is 263 g/mol. The van der Waals surface area contributed by atoms with Crippen LogP contribution < -0.4 is 10.5 Å². The maximum absolute atomic E-state index is 11.1. The van der Waals surface area contributed by atoms with Gasteiger partial charge in [-0.25, -0.2) is 4.79 Å². The van der Waals surface area contributed by atoms with Crippen molar-refractivity contribution < 1.29 is 14.6 Å². The van der Waals surface area contributed by atoms with E-state index in [0.29, 0.717) is 25.1 Å². The van der Waals surface area contributed by atoms with Crippen LogP contribution in [0.2, 0.25) is 0 Å². The van der Waals surface area contributed by atoms with Crippen molar-refractivity contribution in [3.05, 3.63) is 29.3 Å². The van der Waals surface area contributed by atoms with Gasteiger partial charge < -0.3 is 15.6 Å². The van der Waals surface area contributed by atoms with E-state index in [1.165, 1.54) is 24.0 Å². The molecule has 0 bridgehead atoms. The Bertz CT molecular complexity index is 445. The second kappa shape index (κ2) is 6.57. The predicted molar refractivity (Wildman–Crippen MR) is 73.4 cm³/mol. The van der Waals surface area contributed by atoms with Crippen molar-refractivity contribution in [2.24, 2.45) is 5.73 Å². The highest BCUT2D eigenvalue weighted by molar-refractivity contribution is 5.72. The van der Waals surface area contributed by atoms with Crippen LogP contribution in [0.25, 0.3) is 0 Å². The zero-order chi connectivity index (χ0) is 13.7. The molecule has 2 rings (SSSR count). The molecular weight excluding hydrogens is 242 g/mol. The molecule has 4 nitrogen and oxygen atoms in total. The molecule has 0 fully saturated rings. The molecule has 0 radical (unpaired) electrons. The SMILES string of the molecule is NCCCC(Oc1ccc2c(c1)CCCC2)C(=O)O. The number of fused-ring (bicyclic) bond motifs is 1. The zero-order valence-electron chi connectivity index (χ0n) is 11.1. The largest absolute Gasteiger partial charge is 0.479 e. The van der Waals surface area contributed by atoms with Crippen molar-refractivity contribution in [1.82, 2.24) is 0 Å². The molecule has 1 aliphatic carbocycles. The van der Waals surface area contributed by atoms with E-state index in [1.807, 2.05) is 12.1 Å². The third-order valence-electron chi connectivity index (χ3n) is 3.54. The first-order valence-electron chi connectivity index (χ1n) is 6.92. The number of aryl methyl sites for hydroxylation is 2. The third-order valence-corrected chi connectivity index (χ3v) is 3.54. The highest BCUT2D eigenvalue weighted by atomic mass is 16.5. The van der Waals surface area contributed by atoms with E-state index >= 15 is 0 Å². The Balaban J connectivity index is 2.06. The topological polar surface area (TPSA) is 72.5 Å². The molecule has 104 valence electrons. The molecule has 0 spiro atoms. The Morgan fingerprint density at radius 1 is 1.32 bits per heavy atom. The molecule has 1 unspecified atom stereocenters. The van der Waals surface area contributed by atoms with Gasteiger partial charge in [0, 0.05) is 0 Å². The predicted octanol–water partition coefficient (Wildman–Crippen LogP) is 2.14. The first-order valence-corrected chi connectivity index (χ1v) is 6.92. The standard InChI is InChI=1S/C15H21NO3/c16-9-3-6-14(15(17)18)19-13-8-7-11-4-1-2-5-12(11)10-13/h7-8,10,14H,1-6,9,16H2,(H,17,18). The molecule has 0 aliphatic heterocycles. The molecule has 1 aliphatic rings. The van der Waals surface area contributed by atoms with Gasteiger partial charge in [0.25, 0.3) is 0 Å². The number of aliphatic carboxylic acids is 1. The number of carboxylic acid groups (broad SMARTS) is 1. The van der Waals surface area contributed by atoms with E-state index in [2.05, 4.69) is 6.07 Å². The lowest BCUT2D eigenvalue weighted by Crippen LogP contribution is -2.27. The molecule has 19 heavy (non-hydrogen) atoms. The van der Waals surface area contributed by atoms with Gasteiger partial charge in [-0.2, -0.15) is 0 Å². The van der Waals surface area contributed by atoms with Crippen molar-refractivity contribution in [1.29, 1.82) is 0 Å². The van der Waals surface area contributed by atoms with Gasteiger partial charge in [-0.15, -0.1) is 0 Å². The van der Waals surface area contributed by atoms with Crippen LogP contribution in [0.4, 0.5) is 0 Å². The number of ether oxygens (including phenoxy) is 1. The van der Waals surface area contributed by atoms with Crippen LogP contribution in [0.3, 0.4) is 0 Å². The average Bonchev–Trinajstić information content (AvgIpc) is 2.43. The van der Waals surface area contributed by atoms with Gasteiger partial charge in [0.2, 0.25) is 0 Å². The Hall–Kier alpha value is -1.55. The highest BCUT2D eigenvalue weighted by Crippen LogP contribution is 2.26. The van der Waals surface area contributed by atoms with E-state index in [1.54, 1.807) is 0 Å². The number of hydrogen-bond donors (Lipinski definition) is 2. The van der Waals surface area contributed by atoms with Crippen LogP contribution in [-0.2, 0) is 17.6 Å². The summed E-state index contributed by atoms with van der Waals surface area (Å²) in [6.07, 6.45) is 4.92. The fourth-order valence-corrected chi connectivity index (χ4v) is 2.48. The minimum atomic E-state index is -0.925. The van der Waals surface area contributed by atoms with Crippen LogP contribution >= 0.6 is 0 Å². The molecule has 1 aromatic carbocycles. The van der Waals surface area contributed by atoms with Crippen LogP contribution in [0.15, 0.2) is 18.2 Å². The van der Waals surface area contributed by atoms with Gasteiger partial charge in [-0.3, -0.25) is 0 Å². The first kappa shape index (κ1) is 13.9. The fourth-order valence-electron chi connectivity index (χ4n) is 2.48. The maximum Gasteiger partial charge on any atom is 0.344 e. The molecule has 0 amide bonds. The zero-order valence-corrected chi connectivity index (χ0v) is 11.1. The van der Waals surface area contributed by atoms with E-state index in [0.717, 1.165) is 12.8 Å². The Labute approximate surface area is 113 Å². The fraction of sp³-hybridized carbons (Fsp3) is 0.533. The number of nitrogens with two attached hydrogens (primary N) is 1. The van der Waals surface area contributed by atoms with Gasteiger partial charge in [-0.1, -0.05) is 6.07 Å². The normalized spacial score (nSPS) is 15.6. The molecule has 0 saturated carbocycles. The smallest absolute Gasteiger partial charge is 0.344 e. The Kier molecular flexibility index (Phi) is 4.80. The first-order chi connectivity index (χ1) is 9.20. The summed E-state index contributed by atoms with van der Waals surface area (Å²) in [5.74, 6) is -0.267. The number of rotatable bonds is 6. The second-order valence-electron chi connectivity index (χ2n) is 5.01. The van der Waals surface area contributed by atoms with E-state index < -0.39 is 12.1 Å². The van der Waals surface area contributed by atoms with Crippen molar-refractivity contribution in [3.8, 4) is 5.75 Å². The molecule has 0 aromatic heterocycles. The molecule has 0 saturated heterocycles. The highest BCUT2D eigenvalue weighted by Gasteiger charge is 2.19. The van der Waals surface area contributed by atoms with Crippen molar-refractivity contribution in [2.45, 2.75) is 44.6 Å². The molecule has 3 N–H and O–H groups in total. The number of carboxylic acids is 1. The van der Waals surface area contributed by atoms with Gasteiger partial charge in [0.05, 0.1) is 0 Å². The summed E-state index contributed by atoms with van der Waals surface area (Å²) < 4.78 is 5.59. The molecule has 1 aromatic rings. The van der Waals surface area contributed by atoms with E-state index in [4.69, 9.17) is 15.6 Å². The molecule has 1 atom stereocenters. The lowest BCUT2D eigenvalue weighted by Gasteiger charge is -2.19. The van der Waals surface area contributed by atoms with Crippen LogP contribution in [0, 0.1) is 0 Å². The van der Waals surface area contributed by atoms with Gasteiger partial charge in [0.15, 0.2) is 6.10 Å². The minimum Gasteiger partial charge on any atom is -0.479 e. The number of carbonyl (C=O) groups is 1. The van der Waals surface area contributed by atoms with Gasteiger partial charge in [0.1, 0.15) is 5.75 Å². The number of hydrogen-bond acceptors (Lipinski definition) is 3. The minimum absolute atomic E-state index is 0.447. The summed E-state index contributed by atoms with van der Waals surface area (Å²) in [6, 6.07) is 5.93. The molecule has 4 heteroatoms. The van der Waals surface area contributed by atoms with Gasteiger partial charge >= 0.3 is 5.97 Å². The molecule has 0 heterocycles. The summed E-state index contributed by atoms with van der Waals surface area (Å²) in [6.45, 7) is 0.483. The summed E-state index contributed by atoms with van der Waals surface area (Å²) in [4.78, 5) is 11.1. The third kappa shape index (κ3) is 3.70. The van der Waals surface area contributed by atoms with Crippen LogP contribution in [0.5, 0.6) is 5.75 Å². The van der Waals surface area contributed by atoms with E-state index in [-0.39, 0.29) is 0 Å². The summed E-state index contributed by atoms with van der Waals surface area (Å²) in [5.41, 5.74) is 8.08. The van der Waals surface area contributed by atoms with Gasteiger partial charge in [-0.05, 0) is 68.3 Å². The lowest BCUT2D eigenvalue weighted by molar-refractivity contribution is -0.145. The van der Waals surface area contributed by atoms with Crippen LogP contribution in [0.1, 0.15) is 36.8 Å². The van der Waals surface area contributed by atoms with Crippen LogP contribution in [-0.4, -0.2) is 23.7 Å². The summed E-state index contributed by atoms with van der Waals surface area (Å²) in [5, 5.41) is 9.13. The Morgan fingerprint density at radius 2 is 2.05 bits per heavy atom. The van der Waals surface area contributed by atoms with Crippen molar-refractivity contribution in [3.63, 3.8) is 0 Å². The number of benzene rings is 1. The van der Waals surface area contributed by atoms with Crippen molar-refractivity contribution >= 4 is 5.97 Å². The Morgan fingerprint density at radius 3 is 2.74 bits per heavy atom.